The fraction of sp³-hybridized carbons (Fsp3) is 0.100. The second-order valence-electron chi connectivity index (χ2n) is 2.37. The molecule has 0 saturated heterocycles. The van der Waals surface area contributed by atoms with Crippen molar-refractivity contribution in [3.63, 3.8) is 0 Å². The van der Waals surface area contributed by atoms with E-state index in [0.29, 0.717) is 17.8 Å². The maximum Gasteiger partial charge on any atom is 0.185 e. The van der Waals surface area contributed by atoms with Crippen LogP contribution in [-0.2, 0) is 6.61 Å². The lowest BCUT2D eigenvalue weighted by Crippen LogP contribution is -1.72. The first-order valence-corrected chi connectivity index (χ1v) is 3.98. The van der Waals surface area contributed by atoms with Crippen molar-refractivity contribution in [1.82, 2.24) is 0 Å². The Morgan fingerprint density at radius 3 is 2.29 bits per heavy atom. The molecule has 76 valence electrons. The Morgan fingerprint density at radius 1 is 1.29 bits per heavy atom. The lowest BCUT2D eigenvalue weighted by atomic mass is 10.5. The highest BCUT2D eigenvalue weighted by Gasteiger charge is 1.86. The maximum absolute atomic E-state index is 9.77. The molecule has 0 atom stereocenters. The molecule has 2 rings (SSSR count). The maximum atomic E-state index is 9.77. The van der Waals surface area contributed by atoms with Gasteiger partial charge in [-0.2, -0.15) is 0 Å². The molecule has 0 aliphatic rings. The van der Waals surface area contributed by atoms with Gasteiger partial charge in [0.2, 0.25) is 0 Å². The zero-order chi connectivity index (χ0) is 10.2. The summed E-state index contributed by atoms with van der Waals surface area (Å²) in [6.07, 6.45) is 3.66. The van der Waals surface area contributed by atoms with Crippen LogP contribution in [0.4, 0.5) is 0 Å². The number of furan rings is 2. The molecule has 0 unspecified atom stereocenters. The number of aliphatic hydroxyl groups is 1. The zero-order valence-corrected chi connectivity index (χ0v) is 7.42. The Balaban J connectivity index is 0.000000245. The lowest BCUT2D eigenvalue weighted by molar-refractivity contribution is 0.110. The highest BCUT2D eigenvalue weighted by atomic mass is 16.4. The summed E-state index contributed by atoms with van der Waals surface area (Å²) in [7, 11) is 0. The van der Waals surface area contributed by atoms with E-state index in [-0.39, 0.29) is 8.03 Å². The van der Waals surface area contributed by atoms with Gasteiger partial charge in [0.1, 0.15) is 12.4 Å². The van der Waals surface area contributed by atoms with Crippen LogP contribution in [-0.4, -0.2) is 11.4 Å². The van der Waals surface area contributed by atoms with Crippen LogP contribution >= 0.6 is 0 Å². The molecule has 2 aromatic rings. The Kier molecular flexibility index (Phi) is 4.23. The van der Waals surface area contributed by atoms with E-state index in [1.54, 1.807) is 24.3 Å². The molecule has 0 bridgehead atoms. The minimum atomic E-state index is -0.00694. The van der Waals surface area contributed by atoms with Crippen molar-refractivity contribution in [2.45, 2.75) is 6.61 Å². The van der Waals surface area contributed by atoms with Crippen molar-refractivity contribution in [3.05, 3.63) is 48.3 Å². The molecule has 0 fully saturated rings. The summed E-state index contributed by atoms with van der Waals surface area (Å²) in [5.41, 5.74) is 0. The monoisotopic (exact) mass is 196 g/mol. The predicted molar refractivity (Wildman–Crippen MR) is 50.8 cm³/mol. The summed E-state index contributed by atoms with van der Waals surface area (Å²) >= 11 is 0. The van der Waals surface area contributed by atoms with Gasteiger partial charge in [0.15, 0.2) is 12.0 Å². The van der Waals surface area contributed by atoms with E-state index < -0.39 is 0 Å². The van der Waals surface area contributed by atoms with Crippen LogP contribution in [0.5, 0.6) is 0 Å². The Hall–Kier alpha value is -1.81. The van der Waals surface area contributed by atoms with Crippen LogP contribution in [0.3, 0.4) is 0 Å². The van der Waals surface area contributed by atoms with Gasteiger partial charge in [-0.05, 0) is 24.3 Å². The van der Waals surface area contributed by atoms with Gasteiger partial charge in [-0.3, -0.25) is 4.79 Å². The van der Waals surface area contributed by atoms with Crippen LogP contribution in [0, 0.1) is 0 Å². The molecule has 0 aromatic carbocycles. The van der Waals surface area contributed by atoms with Crippen molar-refractivity contribution in [3.8, 4) is 0 Å². The fourth-order valence-corrected chi connectivity index (χ4v) is 0.761. The average molecular weight is 196 g/mol. The standard InChI is InChI=1S/C5H6O2.C5H4O2.H2/c2*6-4-5-2-1-3-7-5;/h1-3,6H,4H2;1-4H;1H. The molecule has 2 aromatic heterocycles. The van der Waals surface area contributed by atoms with E-state index in [2.05, 4.69) is 4.42 Å². The van der Waals surface area contributed by atoms with Gasteiger partial charge in [0.05, 0.1) is 12.5 Å². The fourth-order valence-electron chi connectivity index (χ4n) is 0.761. The SMILES string of the molecule is O=Cc1ccco1.OCc1ccco1.[HH]. The first kappa shape index (κ1) is 10.3. The summed E-state index contributed by atoms with van der Waals surface area (Å²) in [6.45, 7) is -0.00694. The van der Waals surface area contributed by atoms with Crippen LogP contribution in [0.15, 0.2) is 45.6 Å². The second-order valence-corrected chi connectivity index (χ2v) is 2.37. The van der Waals surface area contributed by atoms with E-state index in [1.807, 2.05) is 0 Å². The zero-order valence-electron chi connectivity index (χ0n) is 7.42. The summed E-state index contributed by atoms with van der Waals surface area (Å²) in [5.74, 6) is 0.986. The predicted octanol–water partition coefficient (Wildman–Crippen LogP) is 2.11. The van der Waals surface area contributed by atoms with Gasteiger partial charge < -0.3 is 13.9 Å². The molecule has 4 heteroatoms. The van der Waals surface area contributed by atoms with Crippen molar-refractivity contribution in [1.29, 1.82) is 0 Å². The van der Waals surface area contributed by atoms with E-state index in [9.17, 15) is 4.79 Å². The van der Waals surface area contributed by atoms with Crippen molar-refractivity contribution in [2.24, 2.45) is 0 Å². The largest absolute Gasteiger partial charge is 0.467 e. The molecule has 1 N–H and O–H groups in total. The average Bonchev–Trinajstić information content (AvgIpc) is 2.92. The quantitative estimate of drug-likeness (QED) is 0.747. The van der Waals surface area contributed by atoms with Crippen molar-refractivity contribution in [2.75, 3.05) is 0 Å². The first-order valence-electron chi connectivity index (χ1n) is 3.98. The molecule has 0 aliphatic carbocycles. The third-order valence-electron chi connectivity index (χ3n) is 1.40. The van der Waals surface area contributed by atoms with Crippen molar-refractivity contribution < 1.29 is 20.2 Å². The Bertz CT molecular complexity index is 339. The van der Waals surface area contributed by atoms with Crippen molar-refractivity contribution >= 4 is 6.29 Å². The molecule has 0 amide bonds. The Labute approximate surface area is 82.3 Å². The Morgan fingerprint density at radius 2 is 2.00 bits per heavy atom. The highest BCUT2D eigenvalue weighted by molar-refractivity contribution is 5.69. The van der Waals surface area contributed by atoms with Crippen LogP contribution in [0.1, 0.15) is 17.7 Å². The summed E-state index contributed by atoms with van der Waals surface area (Å²) in [4.78, 5) is 9.77. The molecule has 0 saturated carbocycles. The number of rotatable bonds is 2. The van der Waals surface area contributed by atoms with Crippen LogP contribution in [0.2, 0.25) is 0 Å². The van der Waals surface area contributed by atoms with Gasteiger partial charge in [-0.15, -0.1) is 0 Å². The van der Waals surface area contributed by atoms with Crippen LogP contribution in [0.25, 0.3) is 0 Å². The number of hydrogen-bond donors (Lipinski definition) is 1. The van der Waals surface area contributed by atoms with Gasteiger partial charge in [-0.1, -0.05) is 0 Å². The van der Waals surface area contributed by atoms with Crippen LogP contribution < -0.4 is 0 Å². The lowest BCUT2D eigenvalue weighted by Gasteiger charge is -1.79. The molecular weight excluding hydrogens is 184 g/mol. The number of carbonyl (C=O) groups excluding carboxylic acids is 1. The van der Waals surface area contributed by atoms with Gasteiger partial charge in [0, 0.05) is 1.43 Å². The molecule has 0 spiro atoms. The highest BCUT2D eigenvalue weighted by Crippen LogP contribution is 1.96. The molecule has 14 heavy (non-hydrogen) atoms. The first-order chi connectivity index (χ1) is 6.86. The summed E-state index contributed by atoms with van der Waals surface area (Å²) in [6, 6.07) is 6.74. The van der Waals surface area contributed by atoms with E-state index >= 15 is 0 Å². The summed E-state index contributed by atoms with van der Waals surface area (Å²) in [5, 5.41) is 8.33. The molecule has 0 aliphatic heterocycles. The van der Waals surface area contributed by atoms with E-state index in [1.165, 1.54) is 12.5 Å². The number of carbonyl (C=O) groups is 1. The van der Waals surface area contributed by atoms with Gasteiger partial charge >= 0.3 is 0 Å². The van der Waals surface area contributed by atoms with E-state index in [4.69, 9.17) is 9.52 Å². The third kappa shape index (κ3) is 3.28. The molecule has 0 radical (unpaired) electrons. The van der Waals surface area contributed by atoms with Gasteiger partial charge in [-0.25, -0.2) is 0 Å². The molecular formula is C10H12O4. The minimum absolute atomic E-state index is 0. The third-order valence-corrected chi connectivity index (χ3v) is 1.40. The molecule has 2 heterocycles. The van der Waals surface area contributed by atoms with Gasteiger partial charge in [0.25, 0.3) is 0 Å². The summed E-state index contributed by atoms with van der Waals surface area (Å²) < 4.78 is 9.35. The number of hydrogen-bond acceptors (Lipinski definition) is 4. The second kappa shape index (κ2) is 5.77. The minimum Gasteiger partial charge on any atom is -0.467 e. The van der Waals surface area contributed by atoms with E-state index in [0.717, 1.165) is 0 Å². The number of aliphatic hydroxyl groups excluding tert-OH is 1. The topological polar surface area (TPSA) is 63.6 Å². The number of aldehydes is 1. The normalized spacial score (nSPS) is 8.93. The molecule has 4 nitrogen and oxygen atoms in total. The smallest absolute Gasteiger partial charge is 0.185 e.